The maximum absolute atomic E-state index is 13.6. The first kappa shape index (κ1) is 34.6. The van der Waals surface area contributed by atoms with Crippen molar-refractivity contribution in [3.05, 3.63) is 59.2 Å². The second kappa shape index (κ2) is 14.4. The number of carbonyl (C=O) groups is 5. The number of amides is 5. The van der Waals surface area contributed by atoms with Gasteiger partial charge in [-0.25, -0.2) is 9.59 Å². The van der Waals surface area contributed by atoms with E-state index in [4.69, 9.17) is 10.4 Å². The quantitative estimate of drug-likeness (QED) is 0.0758. The first-order chi connectivity index (χ1) is 21.7. The van der Waals surface area contributed by atoms with Crippen molar-refractivity contribution in [3.8, 4) is 5.75 Å². The summed E-state index contributed by atoms with van der Waals surface area (Å²) < 4.78 is 17.1. The number of nitrogens with zero attached hydrogens (tertiary/aromatic N) is 3. The lowest BCUT2D eigenvalue weighted by Crippen LogP contribution is -2.60. The van der Waals surface area contributed by atoms with Crippen molar-refractivity contribution >= 4 is 49.7 Å². The minimum atomic E-state index is -4.64. The van der Waals surface area contributed by atoms with Crippen LogP contribution in [0.4, 0.5) is 4.79 Å². The van der Waals surface area contributed by atoms with Crippen molar-refractivity contribution in [1.29, 1.82) is 0 Å². The summed E-state index contributed by atoms with van der Waals surface area (Å²) >= 11 is 0. The molecule has 5 amide bonds. The minimum Gasteiger partial charge on any atom is -0.534 e. The van der Waals surface area contributed by atoms with Gasteiger partial charge >= 0.3 is 38.5 Å². The van der Waals surface area contributed by atoms with Crippen molar-refractivity contribution in [3.63, 3.8) is 0 Å². The van der Waals surface area contributed by atoms with Gasteiger partial charge in [0.15, 0.2) is 0 Å². The molecule has 0 spiro atoms. The Kier molecular flexibility index (Phi) is 10.8. The molecule has 0 aliphatic carbocycles. The molecular weight excluding hydrogens is 626 g/mol. The lowest BCUT2D eigenvalue weighted by Gasteiger charge is -2.34. The SMILES string of the molecule is CN(CCN)CCN1CCN(C(=O)N[C@@H](C(=O)N[C@H]2Cc3cccc(C(=O)O)c3OB2O)c2ccc(P(=O)(O)O)cc2)C(=O)C1=O. The fourth-order valence-electron chi connectivity index (χ4n) is 5.05. The number of hydrogen-bond acceptors (Lipinski definition) is 10. The third kappa shape index (κ3) is 7.90. The van der Waals surface area contributed by atoms with E-state index in [2.05, 4.69) is 10.6 Å². The number of carbonyl (C=O) groups excluding carboxylic acids is 4. The first-order valence-electron chi connectivity index (χ1n) is 14.2. The Balaban J connectivity index is 1.53. The van der Waals surface area contributed by atoms with Crippen LogP contribution in [-0.4, -0.2) is 124 Å². The topological polar surface area (TPSA) is 252 Å². The monoisotopic (exact) mass is 660 g/mol. The lowest BCUT2D eigenvalue weighted by molar-refractivity contribution is -0.153. The summed E-state index contributed by atoms with van der Waals surface area (Å²) in [5.74, 6) is -5.36. The largest absolute Gasteiger partial charge is 0.547 e. The Morgan fingerprint density at radius 2 is 1.80 bits per heavy atom. The molecule has 46 heavy (non-hydrogen) atoms. The second-order valence-electron chi connectivity index (χ2n) is 10.8. The van der Waals surface area contributed by atoms with E-state index in [1.54, 1.807) is 6.07 Å². The molecule has 0 unspecified atom stereocenters. The lowest BCUT2D eigenvalue weighted by atomic mass is 9.72. The number of nitrogens with one attached hydrogen (secondary N) is 2. The van der Waals surface area contributed by atoms with Gasteiger partial charge in [-0.2, -0.15) is 0 Å². The van der Waals surface area contributed by atoms with Gasteiger partial charge < -0.3 is 50.7 Å². The van der Waals surface area contributed by atoms with Gasteiger partial charge in [0.1, 0.15) is 11.8 Å². The van der Waals surface area contributed by atoms with Crippen molar-refractivity contribution in [1.82, 2.24) is 25.3 Å². The van der Waals surface area contributed by atoms with Crippen LogP contribution in [0.25, 0.3) is 0 Å². The third-order valence-corrected chi connectivity index (χ3v) is 8.56. The van der Waals surface area contributed by atoms with Crippen LogP contribution in [0.2, 0.25) is 0 Å². The van der Waals surface area contributed by atoms with Crippen LogP contribution in [0.1, 0.15) is 27.5 Å². The number of imide groups is 1. The number of piperazine rings is 1. The Labute approximate surface area is 263 Å². The molecule has 19 heteroatoms. The Morgan fingerprint density at radius 3 is 2.43 bits per heavy atom. The van der Waals surface area contributed by atoms with Gasteiger partial charge in [-0.3, -0.25) is 23.8 Å². The zero-order chi connectivity index (χ0) is 33.8. The van der Waals surface area contributed by atoms with Gasteiger partial charge in [-0.15, -0.1) is 0 Å². The fraction of sp³-hybridized carbons (Fsp3) is 0.370. The molecule has 8 N–H and O–H groups in total. The number of carboxylic acids is 1. The maximum atomic E-state index is 13.6. The number of fused-ring (bicyclic) bond motifs is 1. The maximum Gasteiger partial charge on any atom is 0.547 e. The number of para-hydroxylation sites is 1. The highest BCUT2D eigenvalue weighted by molar-refractivity contribution is 7.60. The third-order valence-electron chi connectivity index (χ3n) is 7.59. The fourth-order valence-corrected chi connectivity index (χ4v) is 5.59. The number of urea groups is 1. The Morgan fingerprint density at radius 1 is 1.11 bits per heavy atom. The van der Waals surface area contributed by atoms with Crippen LogP contribution in [0, 0.1) is 0 Å². The molecule has 2 aliphatic heterocycles. The molecule has 0 aromatic heterocycles. The van der Waals surface area contributed by atoms with E-state index in [-0.39, 0.29) is 48.2 Å². The number of carboxylic acid groups (broad SMARTS) is 1. The summed E-state index contributed by atoms with van der Waals surface area (Å²) in [7, 11) is -4.51. The van der Waals surface area contributed by atoms with Gasteiger partial charge in [0.25, 0.3) is 0 Å². The van der Waals surface area contributed by atoms with Crippen LogP contribution >= 0.6 is 7.60 Å². The second-order valence-corrected chi connectivity index (χ2v) is 12.4. The molecule has 1 fully saturated rings. The van der Waals surface area contributed by atoms with E-state index in [0.717, 1.165) is 12.1 Å². The molecule has 2 atom stereocenters. The summed E-state index contributed by atoms with van der Waals surface area (Å²) in [4.78, 5) is 87.0. The molecule has 246 valence electrons. The van der Waals surface area contributed by atoms with Gasteiger partial charge in [0.2, 0.25) is 5.91 Å². The summed E-state index contributed by atoms with van der Waals surface area (Å²) in [5.41, 5.74) is 5.80. The predicted octanol–water partition coefficient (Wildman–Crippen LogP) is -2.36. The normalized spacial score (nSPS) is 17.3. The molecule has 2 aliphatic rings. The summed E-state index contributed by atoms with van der Waals surface area (Å²) in [6.45, 7) is 1.57. The highest BCUT2D eigenvalue weighted by Gasteiger charge is 2.41. The first-order valence-corrected chi connectivity index (χ1v) is 15.8. The number of hydrogen-bond donors (Lipinski definition) is 7. The predicted molar refractivity (Wildman–Crippen MR) is 162 cm³/mol. The van der Waals surface area contributed by atoms with E-state index in [1.807, 2.05) is 11.9 Å². The molecule has 2 heterocycles. The Hall–Kier alpha value is -4.32. The number of benzene rings is 2. The number of nitrogens with two attached hydrogens (primary N) is 1. The summed E-state index contributed by atoms with van der Waals surface area (Å²) in [6.07, 6.45) is -0.0451. The zero-order valence-electron chi connectivity index (χ0n) is 24.7. The average Bonchev–Trinajstić information content (AvgIpc) is 3.00. The molecule has 17 nitrogen and oxygen atoms in total. The minimum absolute atomic E-state index is 0.0451. The molecular formula is C27H34BN6O11P. The highest BCUT2D eigenvalue weighted by Crippen LogP contribution is 2.33. The van der Waals surface area contributed by atoms with Crippen LogP contribution in [0.15, 0.2) is 42.5 Å². The van der Waals surface area contributed by atoms with Gasteiger partial charge in [-0.1, -0.05) is 24.3 Å². The van der Waals surface area contributed by atoms with Gasteiger partial charge in [-0.05, 0) is 42.8 Å². The number of likely N-dealkylation sites (N-methyl/N-ethyl adjacent to an activating group) is 1. The van der Waals surface area contributed by atoms with E-state index in [1.165, 1.54) is 29.2 Å². The van der Waals surface area contributed by atoms with Crippen LogP contribution in [0.3, 0.4) is 0 Å². The summed E-state index contributed by atoms with van der Waals surface area (Å²) in [6, 6.07) is 6.23. The molecule has 0 radical (unpaired) electrons. The highest BCUT2D eigenvalue weighted by atomic mass is 31.2. The average molecular weight is 660 g/mol. The molecule has 2 aromatic carbocycles. The van der Waals surface area contributed by atoms with Crippen molar-refractivity contribution < 1.29 is 53.1 Å². The van der Waals surface area contributed by atoms with Gasteiger partial charge in [0.05, 0.1) is 16.8 Å². The standard InChI is InChI=1S/C27H34BN6O11P/c1-32(10-9-29)11-12-33-13-14-34(25(37)24(33)36)27(40)31-21(16-5-7-18(8-6-16)46(42,43)44)23(35)30-20-15-17-3-2-4-19(26(38)39)22(17)45-28(20)41/h2-8,20-21,41H,9-15,29H2,1H3,(H,30,35)(H,31,40)(H,38,39)(H2,42,43,44)/t20-,21+/m0/s1. The summed E-state index contributed by atoms with van der Waals surface area (Å²) in [5, 5.41) is 24.7. The van der Waals surface area contributed by atoms with Crippen LogP contribution < -0.4 is 26.3 Å². The van der Waals surface area contributed by atoms with Crippen molar-refractivity contribution in [2.75, 3.05) is 46.3 Å². The van der Waals surface area contributed by atoms with E-state index < -0.39 is 56.4 Å². The smallest absolute Gasteiger partial charge is 0.534 e. The van der Waals surface area contributed by atoms with E-state index in [0.29, 0.717) is 30.1 Å². The van der Waals surface area contributed by atoms with Crippen molar-refractivity contribution in [2.24, 2.45) is 5.73 Å². The van der Waals surface area contributed by atoms with Crippen LogP contribution in [0.5, 0.6) is 5.75 Å². The van der Waals surface area contributed by atoms with Crippen molar-refractivity contribution in [2.45, 2.75) is 18.4 Å². The Bertz CT molecular complexity index is 1560. The molecule has 2 aromatic rings. The number of aromatic carboxylic acids is 1. The molecule has 0 bridgehead atoms. The number of rotatable bonds is 11. The molecule has 0 saturated carbocycles. The van der Waals surface area contributed by atoms with Gasteiger partial charge in [0, 0.05) is 39.3 Å². The molecule has 1 saturated heterocycles. The van der Waals surface area contributed by atoms with Crippen LogP contribution in [-0.2, 0) is 25.4 Å². The molecule has 4 rings (SSSR count). The zero-order valence-corrected chi connectivity index (χ0v) is 25.6. The van der Waals surface area contributed by atoms with E-state index in [9.17, 15) is 48.5 Å². The van der Waals surface area contributed by atoms with E-state index >= 15 is 0 Å².